The summed E-state index contributed by atoms with van der Waals surface area (Å²) in [4.78, 5) is 29.9. The lowest BCUT2D eigenvalue weighted by atomic mass is 10.2. The summed E-state index contributed by atoms with van der Waals surface area (Å²) < 4.78 is 11.2. The van der Waals surface area contributed by atoms with E-state index in [4.69, 9.17) is 9.47 Å². The fraction of sp³-hybridized carbons (Fsp3) is 0.320. The van der Waals surface area contributed by atoms with E-state index in [9.17, 15) is 9.59 Å². The molecular formula is C25H29N5O4. The van der Waals surface area contributed by atoms with Crippen molar-refractivity contribution in [2.45, 2.75) is 13.1 Å². The van der Waals surface area contributed by atoms with Crippen LogP contribution in [0.3, 0.4) is 0 Å². The van der Waals surface area contributed by atoms with E-state index < -0.39 is 0 Å². The predicted octanol–water partition coefficient (Wildman–Crippen LogP) is 1.72. The van der Waals surface area contributed by atoms with Crippen LogP contribution in [0.2, 0.25) is 0 Å². The predicted molar refractivity (Wildman–Crippen MR) is 128 cm³/mol. The van der Waals surface area contributed by atoms with Crippen LogP contribution in [0.4, 0.5) is 0 Å². The number of methoxy groups -OCH3 is 1. The average molecular weight is 464 g/mol. The Balaban J connectivity index is 1.29. The number of nitrogens with zero attached hydrogens (tertiary/aromatic N) is 4. The highest BCUT2D eigenvalue weighted by atomic mass is 16.5. The second kappa shape index (κ2) is 11.3. The Labute approximate surface area is 198 Å². The topological polar surface area (TPSA) is 88.9 Å². The first-order valence-electron chi connectivity index (χ1n) is 11.2. The standard InChI is InChI=1S/C25H29N5O4/c1-33-22-10-9-21(17-27-30-24(31)8-5-11-26-30)16-23(22)34-19-25(32)29-14-12-28(13-15-29)18-20-6-3-2-4-7-20/h2-11,16,27H,12-15,17-19H2,1H3. The number of hydrogen-bond acceptors (Lipinski definition) is 7. The fourth-order valence-electron chi connectivity index (χ4n) is 3.81. The quantitative estimate of drug-likeness (QED) is 0.517. The zero-order valence-corrected chi connectivity index (χ0v) is 19.2. The molecule has 1 aromatic heterocycles. The second-order valence-electron chi connectivity index (χ2n) is 8.03. The van der Waals surface area contributed by atoms with E-state index in [0.717, 1.165) is 25.2 Å². The van der Waals surface area contributed by atoms with E-state index in [1.54, 1.807) is 25.3 Å². The van der Waals surface area contributed by atoms with Crippen LogP contribution in [-0.4, -0.2) is 65.5 Å². The van der Waals surface area contributed by atoms with Gasteiger partial charge in [0.15, 0.2) is 18.1 Å². The summed E-state index contributed by atoms with van der Waals surface area (Å²) >= 11 is 0. The molecule has 0 atom stereocenters. The molecule has 0 radical (unpaired) electrons. The van der Waals surface area contributed by atoms with E-state index in [2.05, 4.69) is 27.6 Å². The largest absolute Gasteiger partial charge is 0.493 e. The van der Waals surface area contributed by atoms with Crippen LogP contribution in [-0.2, 0) is 17.9 Å². The number of ether oxygens (including phenoxy) is 2. The molecule has 34 heavy (non-hydrogen) atoms. The molecule has 2 heterocycles. The lowest BCUT2D eigenvalue weighted by Crippen LogP contribution is -2.49. The molecule has 178 valence electrons. The van der Waals surface area contributed by atoms with Crippen molar-refractivity contribution in [2.24, 2.45) is 0 Å². The van der Waals surface area contributed by atoms with Gasteiger partial charge in [-0.2, -0.15) is 5.10 Å². The molecule has 3 aromatic rings. The molecule has 4 rings (SSSR count). The van der Waals surface area contributed by atoms with E-state index in [-0.39, 0.29) is 18.1 Å². The Bertz CT molecular complexity index is 1140. The maximum Gasteiger partial charge on any atom is 0.285 e. The third-order valence-corrected chi connectivity index (χ3v) is 5.70. The fourth-order valence-corrected chi connectivity index (χ4v) is 3.81. The number of rotatable bonds is 9. The first-order chi connectivity index (χ1) is 16.6. The van der Waals surface area contributed by atoms with E-state index >= 15 is 0 Å². The first-order valence-corrected chi connectivity index (χ1v) is 11.2. The molecule has 2 aromatic carbocycles. The Morgan fingerprint density at radius 3 is 2.50 bits per heavy atom. The second-order valence-corrected chi connectivity index (χ2v) is 8.03. The zero-order chi connectivity index (χ0) is 23.8. The molecule has 9 heteroatoms. The monoisotopic (exact) mass is 463 g/mol. The lowest BCUT2D eigenvalue weighted by molar-refractivity contribution is -0.135. The zero-order valence-electron chi connectivity index (χ0n) is 19.2. The van der Waals surface area contributed by atoms with Gasteiger partial charge in [-0.1, -0.05) is 36.4 Å². The van der Waals surface area contributed by atoms with E-state index in [1.165, 1.54) is 22.6 Å². The number of hydrogen-bond donors (Lipinski definition) is 1. The van der Waals surface area contributed by atoms with Crippen molar-refractivity contribution in [2.75, 3.05) is 45.3 Å². The number of carbonyl (C=O) groups excluding carboxylic acids is 1. The molecule has 1 saturated heterocycles. The van der Waals surface area contributed by atoms with Crippen LogP contribution >= 0.6 is 0 Å². The lowest BCUT2D eigenvalue weighted by Gasteiger charge is -2.34. The third kappa shape index (κ3) is 6.14. The Kier molecular flexibility index (Phi) is 7.77. The van der Waals surface area contributed by atoms with Crippen molar-refractivity contribution in [3.8, 4) is 11.5 Å². The Morgan fingerprint density at radius 1 is 0.971 bits per heavy atom. The van der Waals surface area contributed by atoms with Gasteiger partial charge in [0.25, 0.3) is 11.5 Å². The van der Waals surface area contributed by atoms with Gasteiger partial charge in [0.1, 0.15) is 0 Å². The Morgan fingerprint density at radius 2 is 1.76 bits per heavy atom. The van der Waals surface area contributed by atoms with Crippen molar-refractivity contribution < 1.29 is 14.3 Å². The van der Waals surface area contributed by atoms with Gasteiger partial charge in [0, 0.05) is 45.0 Å². The number of benzene rings is 2. The molecule has 1 amide bonds. The number of nitrogens with one attached hydrogen (secondary N) is 1. The van der Waals surface area contributed by atoms with Gasteiger partial charge < -0.3 is 19.8 Å². The summed E-state index contributed by atoms with van der Waals surface area (Å²) in [5.74, 6) is 0.968. The van der Waals surface area contributed by atoms with Crippen LogP contribution in [0.5, 0.6) is 11.5 Å². The SMILES string of the molecule is COc1ccc(CNn2ncccc2=O)cc1OCC(=O)N1CCN(Cc2ccccc2)CC1. The highest BCUT2D eigenvalue weighted by molar-refractivity contribution is 5.78. The summed E-state index contributed by atoms with van der Waals surface area (Å²) in [5, 5.41) is 3.97. The van der Waals surface area contributed by atoms with Gasteiger partial charge in [-0.3, -0.25) is 14.5 Å². The van der Waals surface area contributed by atoms with Gasteiger partial charge >= 0.3 is 0 Å². The van der Waals surface area contributed by atoms with Crippen LogP contribution in [0.25, 0.3) is 0 Å². The molecule has 0 saturated carbocycles. The molecule has 9 nitrogen and oxygen atoms in total. The highest BCUT2D eigenvalue weighted by Crippen LogP contribution is 2.28. The summed E-state index contributed by atoms with van der Waals surface area (Å²) in [7, 11) is 1.56. The molecule has 0 aliphatic carbocycles. The number of amides is 1. The van der Waals surface area contributed by atoms with Crippen molar-refractivity contribution in [1.82, 2.24) is 19.7 Å². The summed E-state index contributed by atoms with van der Waals surface area (Å²) in [5.41, 5.74) is 4.84. The Hall–Kier alpha value is -3.85. The van der Waals surface area contributed by atoms with Crippen LogP contribution in [0.1, 0.15) is 11.1 Å². The molecule has 1 aliphatic rings. The number of piperazine rings is 1. The molecular weight excluding hydrogens is 434 g/mol. The van der Waals surface area contributed by atoms with Crippen molar-refractivity contribution >= 4 is 5.91 Å². The van der Waals surface area contributed by atoms with Crippen LogP contribution < -0.4 is 20.5 Å². The summed E-state index contributed by atoms with van der Waals surface area (Å²) in [6.07, 6.45) is 1.53. The van der Waals surface area contributed by atoms with Crippen molar-refractivity contribution in [1.29, 1.82) is 0 Å². The van der Waals surface area contributed by atoms with Crippen LogP contribution in [0, 0.1) is 0 Å². The minimum absolute atomic E-state index is 0.0509. The van der Waals surface area contributed by atoms with Gasteiger partial charge in [-0.15, -0.1) is 4.79 Å². The maximum atomic E-state index is 12.8. The molecule has 0 spiro atoms. The van der Waals surface area contributed by atoms with E-state index in [0.29, 0.717) is 31.1 Å². The molecule has 0 unspecified atom stereocenters. The number of aromatic nitrogens is 2. The van der Waals surface area contributed by atoms with Crippen LogP contribution in [0.15, 0.2) is 71.7 Å². The minimum Gasteiger partial charge on any atom is -0.493 e. The molecule has 1 N–H and O–H groups in total. The molecule has 1 fully saturated rings. The smallest absolute Gasteiger partial charge is 0.285 e. The maximum absolute atomic E-state index is 12.8. The van der Waals surface area contributed by atoms with Gasteiger partial charge in [-0.05, 0) is 29.3 Å². The molecule has 0 bridgehead atoms. The van der Waals surface area contributed by atoms with Gasteiger partial charge in [-0.25, -0.2) is 0 Å². The minimum atomic E-state index is -0.248. The van der Waals surface area contributed by atoms with Gasteiger partial charge in [0.05, 0.1) is 13.7 Å². The van der Waals surface area contributed by atoms with Crippen molar-refractivity contribution in [3.05, 3.63) is 88.3 Å². The summed E-state index contributed by atoms with van der Waals surface area (Å²) in [6, 6.07) is 18.8. The number of carbonyl (C=O) groups is 1. The normalized spacial score (nSPS) is 14.0. The van der Waals surface area contributed by atoms with Gasteiger partial charge in [0.2, 0.25) is 0 Å². The highest BCUT2D eigenvalue weighted by Gasteiger charge is 2.22. The first kappa shape index (κ1) is 23.3. The summed E-state index contributed by atoms with van der Waals surface area (Å²) in [6.45, 7) is 4.20. The van der Waals surface area contributed by atoms with Crippen molar-refractivity contribution in [3.63, 3.8) is 0 Å². The molecule has 1 aliphatic heterocycles. The average Bonchev–Trinajstić information content (AvgIpc) is 2.88. The van der Waals surface area contributed by atoms with E-state index in [1.807, 2.05) is 29.2 Å². The third-order valence-electron chi connectivity index (χ3n) is 5.70.